The molecule has 0 radical (unpaired) electrons. The lowest BCUT2D eigenvalue weighted by atomic mass is 10.1. The molecule has 4 heteroatoms. The predicted molar refractivity (Wildman–Crippen MR) is 61.1 cm³/mol. The van der Waals surface area contributed by atoms with Crippen molar-refractivity contribution in [3.63, 3.8) is 0 Å². The molecule has 1 amide bonds. The molecule has 84 valence electrons. The van der Waals surface area contributed by atoms with Gasteiger partial charge in [0.15, 0.2) is 0 Å². The van der Waals surface area contributed by atoms with Gasteiger partial charge in [0, 0.05) is 12.6 Å². The Bertz CT molecular complexity index is 435. The van der Waals surface area contributed by atoms with Crippen LogP contribution in [0.1, 0.15) is 25.0 Å². The topological polar surface area (TPSA) is 53.3 Å². The molecule has 1 aliphatic rings. The van der Waals surface area contributed by atoms with E-state index in [1.807, 2.05) is 19.9 Å². The molecule has 1 heterocycles. The van der Waals surface area contributed by atoms with Gasteiger partial charge < -0.3 is 4.74 Å². The second-order valence-electron chi connectivity index (χ2n) is 3.07. The number of carbonyl (C=O) groups is 1. The molecule has 0 aromatic heterocycles. The summed E-state index contributed by atoms with van der Waals surface area (Å²) in [4.78, 5) is 12.6. The van der Waals surface area contributed by atoms with Crippen LogP contribution < -0.4 is 4.90 Å². The van der Waals surface area contributed by atoms with Crippen molar-refractivity contribution >= 4 is 11.8 Å². The van der Waals surface area contributed by atoms with Gasteiger partial charge in [0.1, 0.15) is 6.61 Å². The molecule has 0 fully saturated rings. The Balaban J connectivity index is 0.000000606. The normalized spacial score (nSPS) is 12.9. The Morgan fingerprint density at radius 2 is 2.12 bits per heavy atom. The zero-order valence-corrected chi connectivity index (χ0v) is 9.65. The van der Waals surface area contributed by atoms with E-state index in [2.05, 4.69) is 0 Å². The Kier molecular flexibility index (Phi) is 3.90. The molecule has 1 aromatic carbocycles. The molecule has 16 heavy (non-hydrogen) atoms. The Labute approximate surface area is 95.0 Å². The summed E-state index contributed by atoms with van der Waals surface area (Å²) in [5, 5.41) is 8.71. The molecule has 0 aliphatic carbocycles. The van der Waals surface area contributed by atoms with Crippen LogP contribution in [0.5, 0.6) is 0 Å². The number of benzene rings is 1. The van der Waals surface area contributed by atoms with Crippen LogP contribution >= 0.6 is 0 Å². The van der Waals surface area contributed by atoms with Crippen LogP contribution in [0.2, 0.25) is 0 Å². The van der Waals surface area contributed by atoms with E-state index in [4.69, 9.17) is 10.00 Å². The highest BCUT2D eigenvalue weighted by Crippen LogP contribution is 2.26. The first-order valence-corrected chi connectivity index (χ1v) is 5.16. The highest BCUT2D eigenvalue weighted by Gasteiger charge is 2.21. The molecule has 0 bridgehead atoms. The number of hydrogen-bond acceptors (Lipinski definition) is 3. The first kappa shape index (κ1) is 12.1. The second kappa shape index (κ2) is 5.17. The predicted octanol–water partition coefficient (Wildman–Crippen LogP) is 2.67. The van der Waals surface area contributed by atoms with Gasteiger partial charge in [-0.15, -0.1) is 0 Å². The number of nitrogens with zero attached hydrogens (tertiary/aromatic N) is 2. The van der Waals surface area contributed by atoms with Crippen molar-refractivity contribution in [2.45, 2.75) is 20.5 Å². The van der Waals surface area contributed by atoms with Crippen molar-refractivity contribution in [2.75, 3.05) is 11.9 Å². The van der Waals surface area contributed by atoms with Gasteiger partial charge in [-0.3, -0.25) is 4.90 Å². The zero-order chi connectivity index (χ0) is 12.1. The van der Waals surface area contributed by atoms with Crippen molar-refractivity contribution in [1.82, 2.24) is 0 Å². The SMILES string of the molecule is CC.CN1C(=O)OCc2ccc(C#N)cc21. The number of anilines is 1. The Hall–Kier alpha value is -2.02. The number of rotatable bonds is 0. The smallest absolute Gasteiger partial charge is 0.414 e. The molecule has 0 N–H and O–H groups in total. The van der Waals surface area contributed by atoms with Gasteiger partial charge >= 0.3 is 6.09 Å². The molecule has 4 nitrogen and oxygen atoms in total. The van der Waals surface area contributed by atoms with Crippen molar-refractivity contribution in [3.05, 3.63) is 29.3 Å². The third kappa shape index (κ3) is 2.14. The summed E-state index contributed by atoms with van der Waals surface area (Å²) in [6, 6.07) is 7.24. The number of amides is 1. The van der Waals surface area contributed by atoms with E-state index in [9.17, 15) is 4.79 Å². The van der Waals surface area contributed by atoms with Crippen LogP contribution in [0.4, 0.5) is 10.5 Å². The molecule has 0 atom stereocenters. The summed E-state index contributed by atoms with van der Waals surface area (Å²) in [5.74, 6) is 0. The van der Waals surface area contributed by atoms with Crippen LogP contribution in [0.25, 0.3) is 0 Å². The second-order valence-corrected chi connectivity index (χ2v) is 3.07. The van der Waals surface area contributed by atoms with Crippen molar-refractivity contribution < 1.29 is 9.53 Å². The number of ether oxygens (including phenoxy) is 1. The van der Waals surface area contributed by atoms with Crippen LogP contribution in [0.3, 0.4) is 0 Å². The molecule has 1 aliphatic heterocycles. The van der Waals surface area contributed by atoms with E-state index >= 15 is 0 Å². The summed E-state index contributed by atoms with van der Waals surface area (Å²) in [5.41, 5.74) is 2.22. The standard InChI is InChI=1S/C10H8N2O2.C2H6/c1-12-9-4-7(5-11)2-3-8(9)6-14-10(12)13;1-2/h2-4H,6H2,1H3;1-2H3. The quantitative estimate of drug-likeness (QED) is 0.672. The number of fused-ring (bicyclic) bond motifs is 1. The van der Waals surface area contributed by atoms with Crippen LogP contribution in [-0.4, -0.2) is 13.1 Å². The molecule has 0 unspecified atom stereocenters. The minimum atomic E-state index is -0.382. The van der Waals surface area contributed by atoms with Gasteiger partial charge in [0.2, 0.25) is 0 Å². The summed E-state index contributed by atoms with van der Waals surface area (Å²) >= 11 is 0. The summed E-state index contributed by atoms with van der Waals surface area (Å²) in [6.07, 6.45) is -0.382. The average molecular weight is 218 g/mol. The highest BCUT2D eigenvalue weighted by molar-refractivity contribution is 5.90. The minimum absolute atomic E-state index is 0.282. The van der Waals surface area contributed by atoms with E-state index < -0.39 is 0 Å². The Morgan fingerprint density at radius 1 is 1.44 bits per heavy atom. The maximum absolute atomic E-state index is 11.2. The van der Waals surface area contributed by atoms with E-state index in [1.54, 1.807) is 25.2 Å². The molecule has 0 saturated carbocycles. The van der Waals surface area contributed by atoms with Gasteiger partial charge in [-0.2, -0.15) is 5.26 Å². The van der Waals surface area contributed by atoms with E-state index in [1.165, 1.54) is 4.90 Å². The fourth-order valence-electron chi connectivity index (χ4n) is 1.40. The van der Waals surface area contributed by atoms with Gasteiger partial charge in [-0.25, -0.2) is 4.79 Å². The minimum Gasteiger partial charge on any atom is -0.444 e. The third-order valence-electron chi connectivity index (χ3n) is 2.20. The molecule has 0 spiro atoms. The van der Waals surface area contributed by atoms with E-state index in [-0.39, 0.29) is 12.7 Å². The van der Waals surface area contributed by atoms with Gasteiger partial charge in [0.05, 0.1) is 17.3 Å². The molecule has 1 aromatic rings. The Morgan fingerprint density at radius 3 is 2.75 bits per heavy atom. The first-order chi connectivity index (χ1) is 7.72. The van der Waals surface area contributed by atoms with Gasteiger partial charge in [-0.05, 0) is 12.1 Å². The number of carbonyl (C=O) groups excluding carboxylic acids is 1. The third-order valence-corrected chi connectivity index (χ3v) is 2.20. The molecule has 2 rings (SSSR count). The fourth-order valence-corrected chi connectivity index (χ4v) is 1.40. The average Bonchev–Trinajstić information content (AvgIpc) is 2.36. The van der Waals surface area contributed by atoms with Crippen LogP contribution in [-0.2, 0) is 11.3 Å². The maximum atomic E-state index is 11.2. The van der Waals surface area contributed by atoms with Crippen molar-refractivity contribution in [1.29, 1.82) is 5.26 Å². The summed E-state index contributed by atoms with van der Waals surface area (Å²) in [7, 11) is 1.63. The number of nitriles is 1. The number of hydrogen-bond donors (Lipinski definition) is 0. The fraction of sp³-hybridized carbons (Fsp3) is 0.333. The zero-order valence-electron chi connectivity index (χ0n) is 9.65. The largest absolute Gasteiger partial charge is 0.444 e. The van der Waals surface area contributed by atoms with Crippen molar-refractivity contribution in [2.24, 2.45) is 0 Å². The summed E-state index contributed by atoms with van der Waals surface area (Å²) in [6.45, 7) is 4.28. The van der Waals surface area contributed by atoms with E-state index in [0.29, 0.717) is 5.56 Å². The van der Waals surface area contributed by atoms with Crippen molar-refractivity contribution in [3.8, 4) is 6.07 Å². The van der Waals surface area contributed by atoms with E-state index in [0.717, 1.165) is 11.3 Å². The van der Waals surface area contributed by atoms with Gasteiger partial charge in [0.25, 0.3) is 0 Å². The number of cyclic esters (lactones) is 1. The van der Waals surface area contributed by atoms with Crippen LogP contribution in [0, 0.1) is 11.3 Å². The lowest BCUT2D eigenvalue weighted by Gasteiger charge is -2.25. The van der Waals surface area contributed by atoms with Crippen LogP contribution in [0.15, 0.2) is 18.2 Å². The summed E-state index contributed by atoms with van der Waals surface area (Å²) < 4.78 is 4.89. The first-order valence-electron chi connectivity index (χ1n) is 5.16. The molecule has 0 saturated heterocycles. The monoisotopic (exact) mass is 218 g/mol. The highest BCUT2D eigenvalue weighted by atomic mass is 16.6. The maximum Gasteiger partial charge on any atom is 0.414 e. The lowest BCUT2D eigenvalue weighted by Crippen LogP contribution is -2.31. The lowest BCUT2D eigenvalue weighted by molar-refractivity contribution is 0.143. The molecular weight excluding hydrogens is 204 g/mol. The molecular formula is C12H14N2O2. The van der Waals surface area contributed by atoms with Gasteiger partial charge in [-0.1, -0.05) is 19.9 Å².